The number of amides is 1. The van der Waals surface area contributed by atoms with Crippen LogP contribution >= 0.6 is 0 Å². The molecule has 0 unspecified atom stereocenters. The molecule has 1 aliphatic heterocycles. The minimum Gasteiger partial charge on any atom is -0.494 e. The highest BCUT2D eigenvalue weighted by molar-refractivity contribution is 6.00. The molecule has 1 amide bonds. The van der Waals surface area contributed by atoms with Crippen LogP contribution < -0.4 is 10.5 Å². The number of methoxy groups -OCH3 is 1. The summed E-state index contributed by atoms with van der Waals surface area (Å²) in [5.74, 6) is 1.65. The van der Waals surface area contributed by atoms with Crippen molar-refractivity contribution in [3.05, 3.63) is 42.1 Å². The average molecular weight is 447 g/mol. The van der Waals surface area contributed by atoms with Gasteiger partial charge in [0.1, 0.15) is 16.9 Å². The van der Waals surface area contributed by atoms with Crippen LogP contribution in [0, 0.1) is 5.92 Å². The lowest BCUT2D eigenvalue weighted by molar-refractivity contribution is 0.0739. The Morgan fingerprint density at radius 2 is 2.06 bits per heavy atom. The molecule has 0 spiro atoms. The molecular formula is C25H30N6O2. The third-order valence-corrected chi connectivity index (χ3v) is 7.05. The van der Waals surface area contributed by atoms with E-state index < -0.39 is 0 Å². The van der Waals surface area contributed by atoms with Crippen LogP contribution in [-0.4, -0.2) is 55.6 Å². The van der Waals surface area contributed by atoms with Crippen molar-refractivity contribution in [1.29, 1.82) is 0 Å². The Balaban J connectivity index is 1.65. The summed E-state index contributed by atoms with van der Waals surface area (Å²) >= 11 is 0. The average Bonchev–Trinajstić information content (AvgIpc) is 3.45. The molecule has 4 aromatic rings. The lowest BCUT2D eigenvalue weighted by atomic mass is 10.0. The minimum absolute atomic E-state index is 0.0127. The fourth-order valence-corrected chi connectivity index (χ4v) is 5.13. The van der Waals surface area contributed by atoms with E-state index in [1.54, 1.807) is 13.3 Å². The predicted octanol–water partition coefficient (Wildman–Crippen LogP) is 3.43. The van der Waals surface area contributed by atoms with Crippen LogP contribution in [-0.2, 0) is 13.6 Å². The molecule has 1 aliphatic rings. The van der Waals surface area contributed by atoms with E-state index in [0.717, 1.165) is 40.1 Å². The van der Waals surface area contributed by atoms with Crippen molar-refractivity contribution >= 4 is 28.0 Å². The van der Waals surface area contributed by atoms with Gasteiger partial charge in [-0.05, 0) is 50.1 Å². The molecule has 3 aromatic heterocycles. The third-order valence-electron chi connectivity index (χ3n) is 7.05. The highest BCUT2D eigenvalue weighted by Crippen LogP contribution is 2.34. The summed E-state index contributed by atoms with van der Waals surface area (Å²) in [6.45, 7) is 7.62. The summed E-state index contributed by atoms with van der Waals surface area (Å²) in [7, 11) is 3.60. The lowest BCUT2D eigenvalue weighted by Gasteiger charge is -2.23. The number of aromatic nitrogens is 4. The van der Waals surface area contributed by atoms with Gasteiger partial charge in [-0.15, -0.1) is 0 Å². The number of benzene rings is 1. The standard InChI is InChI=1S/C25H30N6O2/c1-6-30-19(11-16-8-7-9-27-23(16)30)24-28-18-10-17(12-20(33-5)22(18)29(24)4)25(32)31-13-14(2)21(26)15(31)3/h7-12,14-15,21H,6,13,26H2,1-5H3/t14-,15-,21-/m0/s1. The predicted molar refractivity (Wildman–Crippen MR) is 129 cm³/mol. The molecule has 172 valence electrons. The molecular weight excluding hydrogens is 416 g/mol. The first-order valence-electron chi connectivity index (χ1n) is 11.4. The Hall–Kier alpha value is -3.39. The van der Waals surface area contributed by atoms with E-state index >= 15 is 0 Å². The number of ether oxygens (including phenoxy) is 1. The fraction of sp³-hybridized carbons (Fsp3) is 0.400. The second-order valence-electron chi connectivity index (χ2n) is 8.98. The number of nitrogens with zero attached hydrogens (tertiary/aromatic N) is 5. The Morgan fingerprint density at radius 3 is 2.73 bits per heavy atom. The number of aryl methyl sites for hydroxylation is 2. The van der Waals surface area contributed by atoms with Crippen molar-refractivity contribution < 1.29 is 9.53 Å². The Bertz CT molecular complexity index is 1370. The Morgan fingerprint density at radius 1 is 1.27 bits per heavy atom. The van der Waals surface area contributed by atoms with Crippen LogP contribution in [0.25, 0.3) is 33.6 Å². The summed E-state index contributed by atoms with van der Waals surface area (Å²) < 4.78 is 9.90. The number of pyridine rings is 1. The minimum atomic E-state index is -0.0402. The first-order chi connectivity index (χ1) is 15.8. The summed E-state index contributed by atoms with van der Waals surface area (Å²) in [6.07, 6.45) is 1.81. The van der Waals surface area contributed by atoms with Crippen LogP contribution in [0.15, 0.2) is 36.5 Å². The van der Waals surface area contributed by atoms with Crippen molar-refractivity contribution in [2.45, 2.75) is 39.4 Å². The topological polar surface area (TPSA) is 91.2 Å². The number of fused-ring (bicyclic) bond motifs is 2. The number of hydrogen-bond acceptors (Lipinski definition) is 5. The smallest absolute Gasteiger partial charge is 0.254 e. The van der Waals surface area contributed by atoms with E-state index in [1.807, 2.05) is 41.6 Å². The molecule has 0 bridgehead atoms. The van der Waals surface area contributed by atoms with Crippen LogP contribution in [0.1, 0.15) is 31.1 Å². The highest BCUT2D eigenvalue weighted by Gasteiger charge is 2.37. The number of nitrogens with two attached hydrogens (primary N) is 1. The van der Waals surface area contributed by atoms with Gasteiger partial charge in [0, 0.05) is 49.4 Å². The van der Waals surface area contributed by atoms with Crippen molar-refractivity contribution in [3.8, 4) is 17.3 Å². The molecule has 33 heavy (non-hydrogen) atoms. The van der Waals surface area contributed by atoms with Crippen molar-refractivity contribution in [3.63, 3.8) is 0 Å². The van der Waals surface area contributed by atoms with Crippen molar-refractivity contribution in [2.75, 3.05) is 13.7 Å². The van der Waals surface area contributed by atoms with Gasteiger partial charge in [0.15, 0.2) is 5.82 Å². The number of imidazole rings is 1. The normalized spacial score (nSPS) is 20.8. The van der Waals surface area contributed by atoms with E-state index in [2.05, 4.69) is 35.5 Å². The van der Waals surface area contributed by atoms with Crippen LogP contribution in [0.2, 0.25) is 0 Å². The maximum atomic E-state index is 13.4. The van der Waals surface area contributed by atoms with Crippen molar-refractivity contribution in [1.82, 2.24) is 24.0 Å². The monoisotopic (exact) mass is 446 g/mol. The SMILES string of the molecule is CCn1c(-c2nc3cc(C(=O)N4C[C@H](C)[C@H](N)[C@@H]4C)cc(OC)c3n2C)cc2cccnc21. The molecule has 8 heteroatoms. The molecule has 0 radical (unpaired) electrons. The maximum absolute atomic E-state index is 13.4. The van der Waals surface area contributed by atoms with E-state index in [1.165, 1.54) is 0 Å². The summed E-state index contributed by atoms with van der Waals surface area (Å²) in [6, 6.07) is 9.75. The van der Waals surface area contributed by atoms with Gasteiger partial charge >= 0.3 is 0 Å². The molecule has 0 aliphatic carbocycles. The highest BCUT2D eigenvalue weighted by atomic mass is 16.5. The van der Waals surface area contributed by atoms with Crippen molar-refractivity contribution in [2.24, 2.45) is 18.7 Å². The van der Waals surface area contributed by atoms with Gasteiger partial charge < -0.3 is 24.5 Å². The Labute approximate surface area is 193 Å². The third kappa shape index (κ3) is 3.20. The second-order valence-corrected chi connectivity index (χ2v) is 8.98. The zero-order valence-electron chi connectivity index (χ0n) is 19.7. The van der Waals surface area contributed by atoms with E-state index in [0.29, 0.717) is 17.9 Å². The summed E-state index contributed by atoms with van der Waals surface area (Å²) in [5.41, 5.74) is 10.3. The molecule has 1 saturated heterocycles. The van der Waals surface area contributed by atoms with Gasteiger partial charge in [-0.2, -0.15) is 0 Å². The van der Waals surface area contributed by atoms with Crippen LogP contribution in [0.3, 0.4) is 0 Å². The largest absolute Gasteiger partial charge is 0.494 e. The first kappa shape index (κ1) is 21.5. The zero-order valence-corrected chi connectivity index (χ0v) is 19.7. The van der Waals surface area contributed by atoms with Gasteiger partial charge in [0.05, 0.1) is 18.3 Å². The summed E-state index contributed by atoms with van der Waals surface area (Å²) in [5, 5.41) is 1.07. The summed E-state index contributed by atoms with van der Waals surface area (Å²) in [4.78, 5) is 24.8. The van der Waals surface area contributed by atoms with E-state index in [4.69, 9.17) is 15.5 Å². The number of likely N-dealkylation sites (tertiary alicyclic amines) is 1. The molecule has 2 N–H and O–H groups in total. The maximum Gasteiger partial charge on any atom is 0.254 e. The molecule has 1 aromatic carbocycles. The van der Waals surface area contributed by atoms with E-state index in [-0.39, 0.29) is 23.9 Å². The molecule has 4 heterocycles. The molecule has 0 saturated carbocycles. The number of carbonyl (C=O) groups is 1. The molecule has 5 rings (SSSR count). The van der Waals surface area contributed by atoms with Gasteiger partial charge in [0.2, 0.25) is 0 Å². The first-order valence-corrected chi connectivity index (χ1v) is 11.4. The fourth-order valence-electron chi connectivity index (χ4n) is 5.13. The molecule has 8 nitrogen and oxygen atoms in total. The number of hydrogen-bond donors (Lipinski definition) is 1. The molecule has 3 atom stereocenters. The lowest BCUT2D eigenvalue weighted by Crippen LogP contribution is -2.40. The van der Waals surface area contributed by atoms with Gasteiger partial charge in [0.25, 0.3) is 5.91 Å². The quantitative estimate of drug-likeness (QED) is 0.519. The zero-order chi connectivity index (χ0) is 23.4. The Kier molecular flexibility index (Phi) is 5.12. The number of carbonyl (C=O) groups excluding carboxylic acids is 1. The second kappa shape index (κ2) is 7.88. The van der Waals surface area contributed by atoms with Crippen LogP contribution in [0.4, 0.5) is 0 Å². The number of rotatable bonds is 4. The van der Waals surface area contributed by atoms with Gasteiger partial charge in [-0.3, -0.25) is 4.79 Å². The van der Waals surface area contributed by atoms with Gasteiger partial charge in [-0.25, -0.2) is 9.97 Å². The van der Waals surface area contributed by atoms with Gasteiger partial charge in [-0.1, -0.05) is 6.92 Å². The van der Waals surface area contributed by atoms with E-state index in [9.17, 15) is 4.79 Å². The molecule has 1 fully saturated rings. The van der Waals surface area contributed by atoms with Crippen LogP contribution in [0.5, 0.6) is 5.75 Å².